The Kier molecular flexibility index (Phi) is 8.83. The third kappa shape index (κ3) is 6.28. The van der Waals surface area contributed by atoms with Gasteiger partial charge in [-0.2, -0.15) is 0 Å². The molecule has 2 aromatic carbocycles. The molecule has 0 unspecified atom stereocenters. The fourth-order valence-electron chi connectivity index (χ4n) is 6.70. The second kappa shape index (κ2) is 12.4. The molecule has 1 N–H and O–H groups in total. The van der Waals surface area contributed by atoms with E-state index in [1.54, 1.807) is 12.0 Å². The molecule has 0 radical (unpaired) electrons. The zero-order valence-corrected chi connectivity index (χ0v) is 26.0. The summed E-state index contributed by atoms with van der Waals surface area (Å²) in [6, 6.07) is 15.5. The molecule has 3 atom stereocenters. The van der Waals surface area contributed by atoms with Gasteiger partial charge in [0.2, 0.25) is 5.91 Å². The number of likely N-dealkylation sites (tertiary alicyclic amines) is 1. The Bertz CT molecular complexity index is 1400. The van der Waals surface area contributed by atoms with Crippen LogP contribution in [0.3, 0.4) is 0 Å². The molecule has 0 aliphatic carbocycles. The summed E-state index contributed by atoms with van der Waals surface area (Å²) in [5.41, 5.74) is 1.33. The second-order valence-corrected chi connectivity index (χ2v) is 12.8. The highest BCUT2D eigenvalue weighted by Gasteiger charge is 2.47. The van der Waals surface area contributed by atoms with Gasteiger partial charge in [0.05, 0.1) is 25.3 Å². The van der Waals surface area contributed by atoms with Crippen LogP contribution in [0, 0.1) is 11.8 Å². The number of hydrogen-bond acceptors (Lipinski definition) is 5. The highest BCUT2D eigenvalue weighted by atomic mass is 16.5. The molecular formula is C34H46N4O4. The van der Waals surface area contributed by atoms with Crippen LogP contribution < -0.4 is 14.8 Å². The van der Waals surface area contributed by atoms with Gasteiger partial charge in [0.15, 0.2) is 0 Å². The van der Waals surface area contributed by atoms with Crippen LogP contribution in [0.1, 0.15) is 63.5 Å². The van der Waals surface area contributed by atoms with E-state index in [4.69, 9.17) is 9.47 Å². The van der Waals surface area contributed by atoms with Crippen LogP contribution in [-0.2, 0) is 17.9 Å². The molecule has 8 heteroatoms. The number of carbonyl (C=O) groups is 2. The Morgan fingerprint density at radius 2 is 1.74 bits per heavy atom. The van der Waals surface area contributed by atoms with E-state index in [-0.39, 0.29) is 17.9 Å². The number of rotatable bonds is 10. The Morgan fingerprint density at radius 3 is 2.40 bits per heavy atom. The Balaban J connectivity index is 1.38. The first-order valence-corrected chi connectivity index (χ1v) is 15.3. The van der Waals surface area contributed by atoms with Crippen LogP contribution in [0.2, 0.25) is 0 Å². The molecule has 0 spiro atoms. The highest BCUT2D eigenvalue weighted by Crippen LogP contribution is 2.35. The maximum atomic E-state index is 14.1. The van der Waals surface area contributed by atoms with Crippen molar-refractivity contribution in [3.05, 3.63) is 59.8 Å². The molecule has 3 heterocycles. The zero-order valence-electron chi connectivity index (χ0n) is 26.0. The number of carbonyl (C=O) groups excluding carboxylic acids is 2. The molecule has 0 bridgehead atoms. The van der Waals surface area contributed by atoms with E-state index in [0.29, 0.717) is 37.2 Å². The molecule has 0 saturated carbocycles. The van der Waals surface area contributed by atoms with Crippen LogP contribution in [0.4, 0.5) is 0 Å². The van der Waals surface area contributed by atoms with Gasteiger partial charge in [0, 0.05) is 37.6 Å². The molecule has 1 fully saturated rings. The van der Waals surface area contributed by atoms with Crippen molar-refractivity contribution in [1.82, 2.24) is 19.7 Å². The SMILES string of the molecule is COc1ccc2cc3n(c2c1)C[C@](C)(C(=O)NCCCN1C[C@@H](C)C[C@H](C)C1)N(Cc1ccc(OC(C)C)cc1)C3=O. The molecule has 42 heavy (non-hydrogen) atoms. The summed E-state index contributed by atoms with van der Waals surface area (Å²) in [6.45, 7) is 15.0. The van der Waals surface area contributed by atoms with E-state index in [1.165, 1.54) is 6.42 Å². The molecule has 5 rings (SSSR count). The Labute approximate surface area is 249 Å². The van der Waals surface area contributed by atoms with Gasteiger partial charge in [-0.25, -0.2) is 0 Å². The van der Waals surface area contributed by atoms with Gasteiger partial charge in [-0.1, -0.05) is 26.0 Å². The minimum Gasteiger partial charge on any atom is -0.497 e. The molecule has 2 aliphatic rings. The number of fused-ring (bicyclic) bond motifs is 3. The van der Waals surface area contributed by atoms with Crippen molar-refractivity contribution in [1.29, 1.82) is 0 Å². The van der Waals surface area contributed by atoms with E-state index in [1.807, 2.05) is 73.9 Å². The number of aromatic nitrogens is 1. The number of nitrogens with zero attached hydrogens (tertiary/aromatic N) is 3. The van der Waals surface area contributed by atoms with Crippen LogP contribution in [0.25, 0.3) is 10.9 Å². The zero-order chi connectivity index (χ0) is 30.0. The number of amides is 2. The van der Waals surface area contributed by atoms with Gasteiger partial charge < -0.3 is 29.2 Å². The first-order chi connectivity index (χ1) is 20.1. The van der Waals surface area contributed by atoms with Crippen LogP contribution in [0.5, 0.6) is 11.5 Å². The summed E-state index contributed by atoms with van der Waals surface area (Å²) in [5, 5.41) is 4.15. The molecule has 1 saturated heterocycles. The van der Waals surface area contributed by atoms with Gasteiger partial charge in [-0.15, -0.1) is 0 Å². The van der Waals surface area contributed by atoms with E-state index in [2.05, 4.69) is 24.1 Å². The molecular weight excluding hydrogens is 528 g/mol. The number of ether oxygens (including phenoxy) is 2. The average Bonchev–Trinajstić information content (AvgIpc) is 3.30. The van der Waals surface area contributed by atoms with Crippen molar-refractivity contribution in [2.75, 3.05) is 33.3 Å². The lowest BCUT2D eigenvalue weighted by molar-refractivity contribution is -0.133. The Hall–Kier alpha value is -3.52. The monoisotopic (exact) mass is 574 g/mol. The predicted molar refractivity (Wildman–Crippen MR) is 166 cm³/mol. The normalized spacial score (nSPS) is 22.8. The lowest BCUT2D eigenvalue weighted by Gasteiger charge is -2.44. The summed E-state index contributed by atoms with van der Waals surface area (Å²) in [5.74, 6) is 2.62. The predicted octanol–water partition coefficient (Wildman–Crippen LogP) is 5.34. The first-order valence-electron chi connectivity index (χ1n) is 15.3. The number of nitrogens with one attached hydrogen (secondary N) is 1. The fraction of sp³-hybridized carbons (Fsp3) is 0.529. The van der Waals surface area contributed by atoms with Gasteiger partial charge >= 0.3 is 0 Å². The van der Waals surface area contributed by atoms with E-state index in [0.717, 1.165) is 54.0 Å². The highest BCUT2D eigenvalue weighted by molar-refractivity contribution is 6.03. The first kappa shape index (κ1) is 30.0. The summed E-state index contributed by atoms with van der Waals surface area (Å²) in [7, 11) is 1.63. The minimum absolute atomic E-state index is 0.0776. The summed E-state index contributed by atoms with van der Waals surface area (Å²) in [4.78, 5) is 32.4. The average molecular weight is 575 g/mol. The summed E-state index contributed by atoms with van der Waals surface area (Å²) < 4.78 is 13.3. The minimum atomic E-state index is -1.08. The standard InChI is InChI=1S/C34H46N4O4/c1-23(2)42-28-11-8-26(9-12-28)21-38-32(39)31-17-27-10-13-29(41-6)18-30(27)37(31)22-34(38,5)33(40)35-14-7-15-36-19-24(3)16-25(4)20-36/h8-13,17-18,23-25H,7,14-16,19-22H2,1-6H3,(H,35,40)/t24-,25-,34+/m0/s1. The summed E-state index contributed by atoms with van der Waals surface area (Å²) in [6.07, 6.45) is 2.24. The molecule has 226 valence electrons. The smallest absolute Gasteiger partial charge is 0.271 e. The van der Waals surface area contributed by atoms with Crippen molar-refractivity contribution in [3.63, 3.8) is 0 Å². The van der Waals surface area contributed by atoms with E-state index < -0.39 is 5.54 Å². The molecule has 1 aromatic heterocycles. The van der Waals surface area contributed by atoms with E-state index in [9.17, 15) is 9.59 Å². The van der Waals surface area contributed by atoms with Gasteiger partial charge in [-0.05, 0) is 87.9 Å². The molecule has 3 aromatic rings. The number of hydrogen-bond donors (Lipinski definition) is 1. The third-order valence-electron chi connectivity index (χ3n) is 8.64. The van der Waals surface area contributed by atoms with Crippen molar-refractivity contribution in [2.24, 2.45) is 11.8 Å². The summed E-state index contributed by atoms with van der Waals surface area (Å²) >= 11 is 0. The lowest BCUT2D eigenvalue weighted by Crippen LogP contribution is -2.63. The topological polar surface area (TPSA) is 76.0 Å². The quantitative estimate of drug-likeness (QED) is 0.331. The third-order valence-corrected chi connectivity index (χ3v) is 8.64. The van der Waals surface area contributed by atoms with Gasteiger partial charge in [0.1, 0.15) is 22.7 Å². The van der Waals surface area contributed by atoms with Crippen LogP contribution >= 0.6 is 0 Å². The van der Waals surface area contributed by atoms with Crippen molar-refractivity contribution in [3.8, 4) is 11.5 Å². The lowest BCUT2D eigenvalue weighted by atomic mass is 9.92. The number of methoxy groups -OCH3 is 1. The maximum Gasteiger partial charge on any atom is 0.271 e. The number of piperidine rings is 1. The largest absolute Gasteiger partial charge is 0.497 e. The van der Waals surface area contributed by atoms with Gasteiger partial charge in [-0.3, -0.25) is 9.59 Å². The molecule has 8 nitrogen and oxygen atoms in total. The Morgan fingerprint density at radius 1 is 1.05 bits per heavy atom. The van der Waals surface area contributed by atoms with Gasteiger partial charge in [0.25, 0.3) is 5.91 Å². The van der Waals surface area contributed by atoms with E-state index >= 15 is 0 Å². The molecule has 2 aliphatic heterocycles. The second-order valence-electron chi connectivity index (χ2n) is 12.8. The number of benzene rings is 2. The van der Waals surface area contributed by atoms with Crippen molar-refractivity contribution >= 4 is 22.7 Å². The van der Waals surface area contributed by atoms with Crippen molar-refractivity contribution < 1.29 is 19.1 Å². The van der Waals surface area contributed by atoms with Crippen LogP contribution in [-0.4, -0.2) is 71.1 Å². The fourth-order valence-corrected chi connectivity index (χ4v) is 6.70. The van der Waals surface area contributed by atoms with Crippen LogP contribution in [0.15, 0.2) is 48.5 Å². The molecule has 2 amide bonds. The maximum absolute atomic E-state index is 14.1. The van der Waals surface area contributed by atoms with Crippen molar-refractivity contribution in [2.45, 2.75) is 72.2 Å².